The first-order valence-corrected chi connectivity index (χ1v) is 12.5. The standard InChI is InChI=1S/C23H40O3S/c1-14-5-18(6-15(2)22(14)25-11-20-10-24-20)9-19-7-16(3)23(17(4)8-19)26-12-21-13-27-21/h14-23H,5-13H2,1-4H3. The summed E-state index contributed by atoms with van der Waals surface area (Å²) < 4.78 is 17.9. The van der Waals surface area contributed by atoms with Crippen molar-refractivity contribution in [3.05, 3.63) is 0 Å². The summed E-state index contributed by atoms with van der Waals surface area (Å²) in [6.07, 6.45) is 8.17. The lowest BCUT2D eigenvalue weighted by Gasteiger charge is -2.43. The van der Waals surface area contributed by atoms with Gasteiger partial charge in [0.2, 0.25) is 0 Å². The fraction of sp³-hybridized carbons (Fsp3) is 1.00. The number of ether oxygens (including phenoxy) is 3. The van der Waals surface area contributed by atoms with E-state index < -0.39 is 0 Å². The third-order valence-corrected chi connectivity index (χ3v) is 8.43. The van der Waals surface area contributed by atoms with Crippen LogP contribution in [0.4, 0.5) is 0 Å². The van der Waals surface area contributed by atoms with E-state index in [1.165, 1.54) is 37.9 Å². The van der Waals surface area contributed by atoms with Gasteiger partial charge >= 0.3 is 0 Å². The number of rotatable bonds is 8. The zero-order valence-electron chi connectivity index (χ0n) is 17.8. The van der Waals surface area contributed by atoms with Gasteiger partial charge in [-0.25, -0.2) is 0 Å². The van der Waals surface area contributed by atoms with Crippen LogP contribution in [0.1, 0.15) is 59.8 Å². The zero-order chi connectivity index (χ0) is 19.0. The third-order valence-electron chi connectivity index (χ3n) is 7.48. The zero-order valence-corrected chi connectivity index (χ0v) is 18.6. The lowest BCUT2D eigenvalue weighted by Crippen LogP contribution is -2.40. The summed E-state index contributed by atoms with van der Waals surface area (Å²) in [6.45, 7) is 12.4. The molecule has 2 saturated carbocycles. The van der Waals surface area contributed by atoms with E-state index in [0.29, 0.717) is 30.1 Å². The Labute approximate surface area is 170 Å². The minimum atomic E-state index is 0.390. The maximum Gasteiger partial charge on any atom is 0.104 e. The summed E-state index contributed by atoms with van der Waals surface area (Å²) in [6, 6.07) is 0. The molecule has 2 aliphatic carbocycles. The molecule has 4 fully saturated rings. The lowest BCUT2D eigenvalue weighted by atomic mass is 9.67. The molecule has 4 rings (SSSR count). The Morgan fingerprint density at radius 1 is 0.778 bits per heavy atom. The summed E-state index contributed by atoms with van der Waals surface area (Å²) in [5.41, 5.74) is 0. The number of hydrogen-bond acceptors (Lipinski definition) is 4. The Morgan fingerprint density at radius 3 is 1.63 bits per heavy atom. The molecule has 0 bridgehead atoms. The average Bonchev–Trinajstić information content (AvgIpc) is 3.48. The van der Waals surface area contributed by atoms with Crippen LogP contribution >= 0.6 is 11.8 Å². The first-order valence-electron chi connectivity index (χ1n) is 11.5. The Morgan fingerprint density at radius 2 is 1.22 bits per heavy atom. The molecular weight excluding hydrogens is 356 g/mol. The summed E-state index contributed by atoms with van der Waals surface area (Å²) in [5.74, 6) is 5.90. The second-order valence-corrected chi connectivity index (χ2v) is 11.7. The van der Waals surface area contributed by atoms with Crippen LogP contribution in [-0.4, -0.2) is 49.1 Å². The van der Waals surface area contributed by atoms with Crippen LogP contribution < -0.4 is 0 Å². The van der Waals surface area contributed by atoms with E-state index in [-0.39, 0.29) is 0 Å². The number of thioether (sulfide) groups is 1. The van der Waals surface area contributed by atoms with Crippen LogP contribution in [0.2, 0.25) is 0 Å². The molecule has 0 aromatic carbocycles. The molecule has 27 heavy (non-hydrogen) atoms. The Bertz CT molecular complexity index is 412. The average molecular weight is 397 g/mol. The highest BCUT2D eigenvalue weighted by molar-refractivity contribution is 8.06. The normalized spacial score (nSPS) is 49.8. The molecule has 2 heterocycles. The largest absolute Gasteiger partial charge is 0.376 e. The highest BCUT2D eigenvalue weighted by Crippen LogP contribution is 2.44. The highest BCUT2D eigenvalue weighted by Gasteiger charge is 2.39. The molecule has 0 aromatic heterocycles. The molecule has 0 amide bonds. The van der Waals surface area contributed by atoms with Crippen molar-refractivity contribution in [2.45, 2.75) is 83.4 Å². The van der Waals surface area contributed by atoms with Gasteiger partial charge in [0.05, 0.1) is 32.0 Å². The van der Waals surface area contributed by atoms with Crippen molar-refractivity contribution in [2.24, 2.45) is 35.5 Å². The van der Waals surface area contributed by atoms with Crippen molar-refractivity contribution in [2.75, 3.05) is 25.6 Å². The molecule has 156 valence electrons. The van der Waals surface area contributed by atoms with E-state index in [1.54, 1.807) is 0 Å². The van der Waals surface area contributed by atoms with Crippen molar-refractivity contribution in [3.8, 4) is 0 Å². The number of epoxide rings is 1. The van der Waals surface area contributed by atoms with Crippen LogP contribution in [0.5, 0.6) is 0 Å². The highest BCUT2D eigenvalue weighted by atomic mass is 32.2. The van der Waals surface area contributed by atoms with Gasteiger partial charge in [0.25, 0.3) is 0 Å². The molecule has 0 radical (unpaired) electrons. The Balaban J connectivity index is 1.23. The first-order chi connectivity index (χ1) is 13.0. The molecule has 6 atom stereocenters. The van der Waals surface area contributed by atoms with E-state index in [0.717, 1.165) is 48.7 Å². The molecular formula is C23H40O3S. The van der Waals surface area contributed by atoms with Crippen molar-refractivity contribution in [3.63, 3.8) is 0 Å². The SMILES string of the molecule is CC1CC(CC2CC(C)C(OCC3CS3)C(C)C2)CC(C)C1OCC1CO1. The van der Waals surface area contributed by atoms with Gasteiger partial charge in [0, 0.05) is 11.0 Å². The van der Waals surface area contributed by atoms with Crippen LogP contribution in [0, 0.1) is 35.5 Å². The molecule has 0 N–H and O–H groups in total. The van der Waals surface area contributed by atoms with Crippen molar-refractivity contribution >= 4 is 11.8 Å². The van der Waals surface area contributed by atoms with Gasteiger partial charge in [0.15, 0.2) is 0 Å². The van der Waals surface area contributed by atoms with Crippen molar-refractivity contribution in [1.29, 1.82) is 0 Å². The summed E-state index contributed by atoms with van der Waals surface area (Å²) in [5, 5.41) is 0.800. The molecule has 0 aromatic rings. The van der Waals surface area contributed by atoms with Gasteiger partial charge in [-0.15, -0.1) is 0 Å². The van der Waals surface area contributed by atoms with E-state index >= 15 is 0 Å². The minimum absolute atomic E-state index is 0.390. The molecule has 6 unspecified atom stereocenters. The van der Waals surface area contributed by atoms with Crippen LogP contribution in [0.3, 0.4) is 0 Å². The second-order valence-electron chi connectivity index (χ2n) is 10.3. The van der Waals surface area contributed by atoms with Gasteiger partial charge in [0.1, 0.15) is 6.10 Å². The molecule has 3 nitrogen and oxygen atoms in total. The van der Waals surface area contributed by atoms with Gasteiger partial charge in [-0.2, -0.15) is 11.8 Å². The topological polar surface area (TPSA) is 31.0 Å². The fourth-order valence-corrected chi connectivity index (χ4v) is 6.64. The predicted octanol–water partition coefficient (Wildman–Crippen LogP) is 5.03. The minimum Gasteiger partial charge on any atom is -0.376 e. The van der Waals surface area contributed by atoms with Gasteiger partial charge in [-0.3, -0.25) is 0 Å². The Hall–Kier alpha value is 0.230. The van der Waals surface area contributed by atoms with Crippen LogP contribution in [-0.2, 0) is 14.2 Å². The molecule has 2 aliphatic heterocycles. The maximum absolute atomic E-state index is 6.32. The van der Waals surface area contributed by atoms with Crippen molar-refractivity contribution < 1.29 is 14.2 Å². The van der Waals surface area contributed by atoms with Crippen LogP contribution in [0.25, 0.3) is 0 Å². The Kier molecular flexibility index (Phi) is 6.78. The summed E-state index contributed by atoms with van der Waals surface area (Å²) >= 11 is 2.05. The van der Waals surface area contributed by atoms with Gasteiger partial charge in [-0.05, 0) is 67.6 Å². The van der Waals surface area contributed by atoms with E-state index in [9.17, 15) is 0 Å². The fourth-order valence-electron chi connectivity index (χ4n) is 6.23. The molecule has 4 aliphatic rings. The van der Waals surface area contributed by atoms with Gasteiger partial charge in [-0.1, -0.05) is 27.7 Å². The number of hydrogen-bond donors (Lipinski definition) is 0. The monoisotopic (exact) mass is 396 g/mol. The maximum atomic E-state index is 6.32. The quantitative estimate of drug-likeness (QED) is 0.539. The lowest BCUT2D eigenvalue weighted by molar-refractivity contribution is -0.0675. The van der Waals surface area contributed by atoms with E-state index in [2.05, 4.69) is 27.7 Å². The molecule has 4 heteroatoms. The van der Waals surface area contributed by atoms with E-state index in [4.69, 9.17) is 14.2 Å². The second kappa shape index (κ2) is 8.93. The summed E-state index contributed by atoms with van der Waals surface area (Å²) in [7, 11) is 0. The summed E-state index contributed by atoms with van der Waals surface area (Å²) in [4.78, 5) is 0. The smallest absolute Gasteiger partial charge is 0.104 e. The van der Waals surface area contributed by atoms with Gasteiger partial charge < -0.3 is 14.2 Å². The predicted molar refractivity (Wildman–Crippen MR) is 112 cm³/mol. The third kappa shape index (κ3) is 5.65. The van der Waals surface area contributed by atoms with E-state index in [1.807, 2.05) is 11.8 Å². The first kappa shape index (κ1) is 20.5. The van der Waals surface area contributed by atoms with Crippen molar-refractivity contribution in [1.82, 2.24) is 0 Å². The molecule has 0 spiro atoms. The van der Waals surface area contributed by atoms with Crippen LogP contribution in [0.15, 0.2) is 0 Å². The molecule has 2 saturated heterocycles.